The van der Waals surface area contributed by atoms with E-state index in [1.54, 1.807) is 4.90 Å². The van der Waals surface area contributed by atoms with Crippen LogP contribution < -0.4 is 0 Å². The molecule has 6 nitrogen and oxygen atoms in total. The van der Waals surface area contributed by atoms with Gasteiger partial charge in [0.1, 0.15) is 23.1 Å². The number of amides is 1. The van der Waals surface area contributed by atoms with Gasteiger partial charge in [0, 0.05) is 50.1 Å². The molecule has 4 rings (SSSR count). The molecule has 1 fully saturated rings. The van der Waals surface area contributed by atoms with Gasteiger partial charge in [-0.25, -0.2) is 13.8 Å². The van der Waals surface area contributed by atoms with Crippen LogP contribution in [0.3, 0.4) is 0 Å². The topological polar surface area (TPSA) is 58.8 Å². The Kier molecular flexibility index (Phi) is 5.91. The first-order valence-electron chi connectivity index (χ1n) is 10.0. The highest BCUT2D eigenvalue weighted by Gasteiger charge is 2.27. The summed E-state index contributed by atoms with van der Waals surface area (Å²) in [4.78, 5) is 21.2. The van der Waals surface area contributed by atoms with Crippen molar-refractivity contribution in [1.29, 1.82) is 0 Å². The number of nitrogens with zero attached hydrogens (tertiary/aromatic N) is 3. The van der Waals surface area contributed by atoms with Crippen molar-refractivity contribution in [3.8, 4) is 11.5 Å². The van der Waals surface area contributed by atoms with Crippen LogP contribution in [-0.2, 0) is 22.5 Å². The smallest absolute Gasteiger partial charge is 0.226 e. The van der Waals surface area contributed by atoms with Crippen LogP contribution in [0.15, 0.2) is 22.6 Å². The van der Waals surface area contributed by atoms with Crippen LogP contribution in [0.5, 0.6) is 0 Å². The molecule has 1 atom stereocenters. The standard InChI is InChI=1S/C21H25F2N3O3/c1-14(25-6-8-28-9-7-25)2-3-20(27)26-5-4-19-18(13-26)24-21(29-19)15-10-16(22)12-17(23)11-15/h10-12,14H,2-9,13H2,1H3. The lowest BCUT2D eigenvalue weighted by Crippen LogP contribution is -2.43. The summed E-state index contributed by atoms with van der Waals surface area (Å²) >= 11 is 0. The molecule has 2 aliphatic rings. The second kappa shape index (κ2) is 8.59. The van der Waals surface area contributed by atoms with E-state index in [2.05, 4.69) is 16.8 Å². The lowest BCUT2D eigenvalue weighted by atomic mass is 10.1. The van der Waals surface area contributed by atoms with Crippen molar-refractivity contribution < 1.29 is 22.7 Å². The Bertz CT molecular complexity index is 860. The van der Waals surface area contributed by atoms with Crippen molar-refractivity contribution in [3.05, 3.63) is 41.3 Å². The minimum Gasteiger partial charge on any atom is -0.441 e. The van der Waals surface area contributed by atoms with E-state index in [4.69, 9.17) is 9.15 Å². The number of carbonyl (C=O) groups is 1. The van der Waals surface area contributed by atoms with Gasteiger partial charge in [0.2, 0.25) is 11.8 Å². The van der Waals surface area contributed by atoms with Gasteiger partial charge < -0.3 is 14.1 Å². The van der Waals surface area contributed by atoms with E-state index in [1.165, 1.54) is 12.1 Å². The molecule has 1 amide bonds. The third-order valence-electron chi connectivity index (χ3n) is 5.63. The molecule has 2 aromatic rings. The first-order valence-corrected chi connectivity index (χ1v) is 10.0. The number of hydrogen-bond donors (Lipinski definition) is 0. The van der Waals surface area contributed by atoms with Crippen molar-refractivity contribution in [1.82, 2.24) is 14.8 Å². The maximum absolute atomic E-state index is 13.5. The Balaban J connectivity index is 1.37. The monoisotopic (exact) mass is 405 g/mol. The van der Waals surface area contributed by atoms with E-state index in [0.717, 1.165) is 38.8 Å². The van der Waals surface area contributed by atoms with Crippen molar-refractivity contribution in [2.45, 2.75) is 38.8 Å². The lowest BCUT2D eigenvalue weighted by Gasteiger charge is -2.33. The van der Waals surface area contributed by atoms with Gasteiger partial charge in [-0.3, -0.25) is 9.69 Å². The number of rotatable bonds is 5. The molecule has 0 spiro atoms. The quantitative estimate of drug-likeness (QED) is 0.766. The number of benzene rings is 1. The summed E-state index contributed by atoms with van der Waals surface area (Å²) in [6, 6.07) is 3.53. The molecule has 2 aliphatic heterocycles. The molecule has 1 saturated heterocycles. The van der Waals surface area contributed by atoms with Crippen LogP contribution in [0, 0.1) is 11.6 Å². The average Bonchev–Trinajstić information content (AvgIpc) is 3.15. The first kappa shape index (κ1) is 20.0. The molecule has 1 aromatic heterocycles. The summed E-state index contributed by atoms with van der Waals surface area (Å²) in [5.41, 5.74) is 0.916. The Hall–Kier alpha value is -2.32. The molecule has 1 unspecified atom stereocenters. The summed E-state index contributed by atoms with van der Waals surface area (Å²) in [7, 11) is 0. The molecule has 1 aromatic carbocycles. The summed E-state index contributed by atoms with van der Waals surface area (Å²) in [6.07, 6.45) is 1.83. The van der Waals surface area contributed by atoms with Gasteiger partial charge in [0.15, 0.2) is 0 Å². The van der Waals surface area contributed by atoms with Crippen molar-refractivity contribution in [2.24, 2.45) is 0 Å². The van der Waals surface area contributed by atoms with Crippen molar-refractivity contribution >= 4 is 5.91 Å². The van der Waals surface area contributed by atoms with Crippen LogP contribution in [-0.4, -0.2) is 59.6 Å². The maximum Gasteiger partial charge on any atom is 0.226 e. The fourth-order valence-corrected chi connectivity index (χ4v) is 3.90. The van der Waals surface area contributed by atoms with Crippen LogP contribution >= 0.6 is 0 Å². The Morgan fingerprint density at radius 3 is 2.62 bits per heavy atom. The van der Waals surface area contributed by atoms with Gasteiger partial charge in [-0.1, -0.05) is 0 Å². The zero-order valence-electron chi connectivity index (χ0n) is 16.5. The summed E-state index contributed by atoms with van der Waals surface area (Å²) in [5, 5.41) is 0. The van der Waals surface area contributed by atoms with Gasteiger partial charge >= 0.3 is 0 Å². The van der Waals surface area contributed by atoms with Gasteiger partial charge in [-0.05, 0) is 25.5 Å². The predicted octanol–water partition coefficient (Wildman–Crippen LogP) is 3.01. The highest BCUT2D eigenvalue weighted by molar-refractivity contribution is 5.76. The minimum absolute atomic E-state index is 0.0945. The summed E-state index contributed by atoms with van der Waals surface area (Å²) in [5.74, 6) is -0.402. The first-order chi connectivity index (χ1) is 14.0. The van der Waals surface area contributed by atoms with E-state index < -0.39 is 11.6 Å². The number of fused-ring (bicyclic) bond motifs is 1. The number of halogens is 2. The zero-order chi connectivity index (χ0) is 20.4. The molecule has 3 heterocycles. The van der Waals surface area contributed by atoms with Crippen LogP contribution in [0.25, 0.3) is 11.5 Å². The molecular weight excluding hydrogens is 380 g/mol. The Morgan fingerprint density at radius 1 is 1.17 bits per heavy atom. The molecule has 29 heavy (non-hydrogen) atoms. The molecule has 0 N–H and O–H groups in total. The van der Waals surface area contributed by atoms with Crippen LogP contribution in [0.1, 0.15) is 31.2 Å². The molecule has 0 bridgehead atoms. The van der Waals surface area contributed by atoms with Crippen molar-refractivity contribution in [3.63, 3.8) is 0 Å². The lowest BCUT2D eigenvalue weighted by molar-refractivity contribution is -0.132. The predicted molar refractivity (Wildman–Crippen MR) is 102 cm³/mol. The average molecular weight is 405 g/mol. The fourth-order valence-electron chi connectivity index (χ4n) is 3.90. The van der Waals surface area contributed by atoms with Crippen LogP contribution in [0.2, 0.25) is 0 Å². The molecule has 0 radical (unpaired) electrons. The van der Waals surface area contributed by atoms with Gasteiger partial charge in [0.25, 0.3) is 0 Å². The molecule has 0 saturated carbocycles. The highest BCUT2D eigenvalue weighted by Crippen LogP contribution is 2.27. The Morgan fingerprint density at radius 2 is 1.90 bits per heavy atom. The van der Waals surface area contributed by atoms with Gasteiger partial charge in [-0.2, -0.15) is 0 Å². The van der Waals surface area contributed by atoms with E-state index in [1.807, 2.05) is 0 Å². The van der Waals surface area contributed by atoms with Gasteiger partial charge in [0.05, 0.1) is 19.8 Å². The second-order valence-electron chi connectivity index (χ2n) is 7.65. The van der Waals surface area contributed by atoms with E-state index in [9.17, 15) is 13.6 Å². The van der Waals surface area contributed by atoms with E-state index >= 15 is 0 Å². The number of oxazole rings is 1. The largest absolute Gasteiger partial charge is 0.441 e. The second-order valence-corrected chi connectivity index (χ2v) is 7.65. The fraction of sp³-hybridized carbons (Fsp3) is 0.524. The Labute approximate surface area is 168 Å². The molecular formula is C21H25F2N3O3. The SMILES string of the molecule is CC(CCC(=O)N1CCc2oc(-c3cc(F)cc(F)c3)nc2C1)N1CCOCC1. The molecule has 8 heteroatoms. The van der Waals surface area contributed by atoms with Gasteiger partial charge in [-0.15, -0.1) is 0 Å². The summed E-state index contributed by atoms with van der Waals surface area (Å²) < 4.78 is 38.0. The van der Waals surface area contributed by atoms with Crippen LogP contribution in [0.4, 0.5) is 8.78 Å². The normalized spacial score (nSPS) is 18.5. The third-order valence-corrected chi connectivity index (χ3v) is 5.63. The third kappa shape index (κ3) is 4.64. The number of hydrogen-bond acceptors (Lipinski definition) is 5. The molecule has 156 valence electrons. The summed E-state index contributed by atoms with van der Waals surface area (Å²) in [6.45, 7) is 6.38. The maximum atomic E-state index is 13.5. The number of morpholine rings is 1. The van der Waals surface area contributed by atoms with E-state index in [0.29, 0.717) is 43.4 Å². The van der Waals surface area contributed by atoms with Crippen molar-refractivity contribution in [2.75, 3.05) is 32.8 Å². The van der Waals surface area contributed by atoms with E-state index in [-0.39, 0.29) is 17.4 Å². The minimum atomic E-state index is -0.678. The molecule has 0 aliphatic carbocycles. The highest BCUT2D eigenvalue weighted by atomic mass is 19.1. The number of aromatic nitrogens is 1. The zero-order valence-corrected chi connectivity index (χ0v) is 16.5. The number of carbonyl (C=O) groups excluding carboxylic acids is 1. The number of ether oxygens (including phenoxy) is 1.